The highest BCUT2D eigenvalue weighted by Gasteiger charge is 2.00. The van der Waals surface area contributed by atoms with E-state index in [0.717, 1.165) is 17.2 Å². The van der Waals surface area contributed by atoms with E-state index in [0.29, 0.717) is 0 Å². The van der Waals surface area contributed by atoms with Crippen LogP contribution >= 0.6 is 25.0 Å². The SMILES string of the molecule is O=P(O)(O)O.Oc1cccc(O)c1.c1ccc(Pc2ccccc2)cc1.c1ccc(Pc2ccccc2)cc1. The largest absolute Gasteiger partial charge is 0.508 e. The number of hydrogen-bond donors (Lipinski definition) is 5. The molecule has 0 aliphatic carbocycles. The minimum atomic E-state index is -4.64. The van der Waals surface area contributed by atoms with Crippen molar-refractivity contribution in [3.63, 3.8) is 0 Å². The molecule has 5 N–H and O–H groups in total. The number of phosphoric acid groups is 1. The van der Waals surface area contributed by atoms with Crippen LogP contribution in [0.25, 0.3) is 0 Å². The van der Waals surface area contributed by atoms with Crippen LogP contribution in [0.5, 0.6) is 11.5 Å². The van der Waals surface area contributed by atoms with Crippen LogP contribution < -0.4 is 21.2 Å². The molecule has 0 unspecified atom stereocenters. The maximum Gasteiger partial charge on any atom is 0.466 e. The lowest BCUT2D eigenvalue weighted by atomic mass is 10.3. The highest BCUT2D eigenvalue weighted by atomic mass is 31.2. The molecule has 39 heavy (non-hydrogen) atoms. The summed E-state index contributed by atoms with van der Waals surface area (Å²) in [6, 6.07) is 48.2. The lowest BCUT2D eigenvalue weighted by Crippen LogP contribution is -2.01. The van der Waals surface area contributed by atoms with Gasteiger partial charge in [-0.25, -0.2) is 4.57 Å². The van der Waals surface area contributed by atoms with Crippen LogP contribution in [-0.2, 0) is 4.57 Å². The Balaban J connectivity index is 0.000000194. The molecule has 5 rings (SSSR count). The molecule has 0 heterocycles. The monoisotopic (exact) mass is 580 g/mol. The van der Waals surface area contributed by atoms with Gasteiger partial charge in [0.25, 0.3) is 0 Å². The zero-order chi connectivity index (χ0) is 28.3. The van der Waals surface area contributed by atoms with E-state index in [1.165, 1.54) is 39.4 Å². The first-order valence-electron chi connectivity index (χ1n) is 11.7. The normalized spacial score (nSPS) is 9.92. The quantitative estimate of drug-likeness (QED) is 0.195. The molecule has 0 saturated heterocycles. The summed E-state index contributed by atoms with van der Waals surface area (Å²) < 4.78 is 8.88. The maximum absolute atomic E-state index is 8.88. The zero-order valence-electron chi connectivity index (χ0n) is 20.9. The fourth-order valence-electron chi connectivity index (χ4n) is 2.91. The van der Waals surface area contributed by atoms with E-state index >= 15 is 0 Å². The second-order valence-electron chi connectivity index (χ2n) is 7.75. The van der Waals surface area contributed by atoms with E-state index in [1.807, 2.05) is 0 Å². The standard InChI is InChI=1S/2C12H11P.C6H6O2.H3O4P/c2*1-3-7-11(8-4-1)13-12-9-5-2-6-10-12;7-5-2-1-3-6(8)4-5;1-5(2,3)4/h2*1-10,13H;1-4,7-8H;(H3,1,2,3,4). The number of phenols is 2. The fourth-order valence-corrected chi connectivity index (χ4v) is 5.02. The van der Waals surface area contributed by atoms with Gasteiger partial charge in [-0.05, 0) is 33.4 Å². The van der Waals surface area contributed by atoms with Crippen LogP contribution in [0.3, 0.4) is 0 Å². The van der Waals surface area contributed by atoms with Crippen molar-refractivity contribution in [2.75, 3.05) is 0 Å². The van der Waals surface area contributed by atoms with Gasteiger partial charge in [0, 0.05) is 6.07 Å². The first kappa shape index (κ1) is 31.9. The molecule has 6 nitrogen and oxygen atoms in total. The van der Waals surface area contributed by atoms with Crippen LogP contribution in [0.15, 0.2) is 146 Å². The molecule has 5 aromatic rings. The summed E-state index contributed by atoms with van der Waals surface area (Å²) >= 11 is 0. The minimum absolute atomic E-state index is 0.0880. The van der Waals surface area contributed by atoms with Gasteiger partial charge in [0.1, 0.15) is 11.5 Å². The van der Waals surface area contributed by atoms with Crippen molar-refractivity contribution in [3.05, 3.63) is 146 Å². The third-order valence-corrected chi connectivity index (χ3v) is 6.99. The maximum atomic E-state index is 8.88. The highest BCUT2D eigenvalue weighted by molar-refractivity contribution is 7.55. The third kappa shape index (κ3) is 17.0. The molecule has 0 saturated carbocycles. The van der Waals surface area contributed by atoms with E-state index in [9.17, 15) is 0 Å². The van der Waals surface area contributed by atoms with Crippen LogP contribution in [0.2, 0.25) is 0 Å². The van der Waals surface area contributed by atoms with E-state index < -0.39 is 7.82 Å². The number of aromatic hydroxyl groups is 2. The lowest BCUT2D eigenvalue weighted by molar-refractivity contribution is 0.275. The summed E-state index contributed by atoms with van der Waals surface area (Å²) in [6.07, 6.45) is 0. The molecular weight excluding hydrogens is 549 g/mol. The van der Waals surface area contributed by atoms with Crippen molar-refractivity contribution in [2.45, 2.75) is 0 Å². The van der Waals surface area contributed by atoms with Crippen LogP contribution in [0.4, 0.5) is 0 Å². The second-order valence-corrected chi connectivity index (χ2v) is 11.6. The van der Waals surface area contributed by atoms with Crippen LogP contribution in [0.1, 0.15) is 0 Å². The Hall–Kier alpha value is -3.33. The van der Waals surface area contributed by atoms with Crippen LogP contribution in [-0.4, -0.2) is 24.9 Å². The van der Waals surface area contributed by atoms with Crippen molar-refractivity contribution in [2.24, 2.45) is 0 Å². The Morgan fingerprint density at radius 2 is 0.641 bits per heavy atom. The van der Waals surface area contributed by atoms with Gasteiger partial charge in [-0.15, -0.1) is 0 Å². The van der Waals surface area contributed by atoms with Gasteiger partial charge < -0.3 is 24.9 Å². The smallest absolute Gasteiger partial charge is 0.466 e. The molecule has 202 valence electrons. The van der Waals surface area contributed by atoms with E-state index in [-0.39, 0.29) is 11.5 Å². The van der Waals surface area contributed by atoms with E-state index in [4.69, 9.17) is 29.5 Å². The van der Waals surface area contributed by atoms with E-state index in [2.05, 4.69) is 121 Å². The molecular formula is C30H31O6P3. The Bertz CT molecular complexity index is 1190. The number of benzene rings is 5. The predicted octanol–water partition coefficient (Wildman–Crippen LogP) is 4.80. The zero-order valence-corrected chi connectivity index (χ0v) is 23.8. The summed E-state index contributed by atoms with van der Waals surface area (Å²) in [6.45, 7) is 0. The van der Waals surface area contributed by atoms with Crippen molar-refractivity contribution >= 4 is 46.2 Å². The van der Waals surface area contributed by atoms with Crippen molar-refractivity contribution in [1.82, 2.24) is 0 Å². The van der Waals surface area contributed by atoms with Crippen molar-refractivity contribution in [3.8, 4) is 11.5 Å². The lowest BCUT2D eigenvalue weighted by Gasteiger charge is -2.00. The molecule has 5 aromatic carbocycles. The molecule has 0 radical (unpaired) electrons. The van der Waals surface area contributed by atoms with Gasteiger partial charge in [-0.3, -0.25) is 0 Å². The predicted molar refractivity (Wildman–Crippen MR) is 165 cm³/mol. The number of rotatable bonds is 4. The topological polar surface area (TPSA) is 118 Å². The summed E-state index contributed by atoms with van der Waals surface area (Å²) in [5.41, 5.74) is 0. The Morgan fingerprint density at radius 3 is 0.821 bits per heavy atom. The summed E-state index contributed by atoms with van der Waals surface area (Å²) in [5.74, 6) is 0.176. The molecule has 0 amide bonds. The molecule has 0 fully saturated rings. The molecule has 0 bridgehead atoms. The van der Waals surface area contributed by atoms with Crippen molar-refractivity contribution in [1.29, 1.82) is 0 Å². The van der Waals surface area contributed by atoms with E-state index in [1.54, 1.807) is 6.07 Å². The average molecular weight is 580 g/mol. The Labute approximate surface area is 232 Å². The van der Waals surface area contributed by atoms with Gasteiger partial charge >= 0.3 is 7.82 Å². The van der Waals surface area contributed by atoms with Gasteiger partial charge in [-0.2, -0.15) is 0 Å². The summed E-state index contributed by atoms with van der Waals surface area (Å²) in [5, 5.41) is 22.9. The third-order valence-electron chi connectivity index (χ3n) is 4.50. The van der Waals surface area contributed by atoms with Gasteiger partial charge in [0.05, 0.1) is 0 Å². The minimum Gasteiger partial charge on any atom is -0.508 e. The molecule has 0 aliphatic heterocycles. The Kier molecular flexibility index (Phi) is 14.8. The second kappa shape index (κ2) is 18.0. The molecule has 0 spiro atoms. The molecule has 0 atom stereocenters. The average Bonchev–Trinajstić information content (AvgIpc) is 2.91. The van der Waals surface area contributed by atoms with Gasteiger partial charge in [0.2, 0.25) is 0 Å². The van der Waals surface area contributed by atoms with Gasteiger partial charge in [0.15, 0.2) is 0 Å². The Morgan fingerprint density at radius 1 is 0.410 bits per heavy atom. The highest BCUT2D eigenvalue weighted by Crippen LogP contribution is 2.25. The van der Waals surface area contributed by atoms with Gasteiger partial charge in [-0.1, -0.05) is 145 Å². The van der Waals surface area contributed by atoms with Crippen molar-refractivity contribution < 1.29 is 29.5 Å². The number of phenolic OH excluding ortho intramolecular Hbond substituents is 2. The summed E-state index contributed by atoms with van der Waals surface area (Å²) in [4.78, 5) is 21.6. The first-order valence-corrected chi connectivity index (χ1v) is 15.3. The molecule has 0 aromatic heterocycles. The van der Waals surface area contributed by atoms with Crippen LogP contribution in [0, 0.1) is 0 Å². The summed E-state index contributed by atoms with van der Waals surface area (Å²) in [7, 11) is -3.09. The first-order chi connectivity index (χ1) is 18.7. The molecule has 0 aliphatic rings. The molecule has 9 heteroatoms. The number of hydrogen-bond acceptors (Lipinski definition) is 3. The fraction of sp³-hybridized carbons (Fsp3) is 0.